The van der Waals surface area contributed by atoms with Gasteiger partial charge in [0.2, 0.25) is 0 Å². The maximum absolute atomic E-state index is 10.6. The van der Waals surface area contributed by atoms with Gasteiger partial charge in [0.1, 0.15) is 0 Å². The molecular weight excluding hydrogens is 164 g/mol. The van der Waals surface area contributed by atoms with Gasteiger partial charge in [0, 0.05) is 6.42 Å². The van der Waals surface area contributed by atoms with Gasteiger partial charge in [0.15, 0.2) is 0 Å². The van der Waals surface area contributed by atoms with E-state index in [1.165, 1.54) is 38.5 Å². The summed E-state index contributed by atoms with van der Waals surface area (Å²) in [5.74, 6) is -0.167. The normalized spacial score (nSPS) is 21.5. The molecule has 0 amide bonds. The fraction of sp³-hybridized carbons (Fsp3) is 0.909. The van der Waals surface area contributed by atoms with Crippen LogP contribution in [0.3, 0.4) is 0 Å². The summed E-state index contributed by atoms with van der Waals surface area (Å²) in [4.78, 5) is 10.6. The van der Waals surface area contributed by atoms with Crippen molar-refractivity contribution in [2.45, 2.75) is 57.8 Å². The Balaban J connectivity index is 2.27. The Bertz CT molecular complexity index is 144. The summed E-state index contributed by atoms with van der Waals surface area (Å²) in [6, 6.07) is 0. The summed E-state index contributed by atoms with van der Waals surface area (Å²) in [6.45, 7) is 0. The number of carbonyl (C=O) groups is 1. The number of hydrogen-bond acceptors (Lipinski definition) is 1. The Morgan fingerprint density at radius 1 is 1.00 bits per heavy atom. The molecule has 0 aromatic rings. The minimum absolute atomic E-state index is 0.389. The van der Waals surface area contributed by atoms with Gasteiger partial charge in [-0.2, -0.15) is 0 Å². The molecule has 0 aromatic heterocycles. The van der Waals surface area contributed by atoms with E-state index in [4.69, 9.17) is 5.11 Å². The van der Waals surface area contributed by atoms with E-state index in [2.05, 4.69) is 0 Å². The van der Waals surface area contributed by atoms with Gasteiger partial charge in [0.05, 0.1) is 0 Å². The van der Waals surface area contributed by atoms with Gasteiger partial charge in [-0.15, -0.1) is 0 Å². The second-order valence-corrected chi connectivity index (χ2v) is 4.16. The molecule has 1 saturated carbocycles. The first-order valence-electron chi connectivity index (χ1n) is 5.51. The summed E-state index contributed by atoms with van der Waals surface area (Å²) in [6.07, 6.45) is 10.4. The predicted molar refractivity (Wildman–Crippen MR) is 52.7 cm³/mol. The predicted octanol–water partition coefficient (Wildman–Crippen LogP) is 3.21. The van der Waals surface area contributed by atoms with Gasteiger partial charge in [0.25, 0.3) is 0 Å². The summed E-state index contributed by atoms with van der Waals surface area (Å²) < 4.78 is 0. The number of carboxylic acid groups (broad SMARTS) is 1. The smallest absolute Gasteiger partial charge is 0.303 e. The first-order valence-corrected chi connectivity index (χ1v) is 5.51. The van der Waals surface area contributed by atoms with E-state index in [9.17, 15) is 4.79 Å². The van der Waals surface area contributed by atoms with Gasteiger partial charge in [-0.05, 0) is 18.8 Å². The SMILES string of the molecule is O=C(O)CC1CCCCCCCC1. The lowest BCUT2D eigenvalue weighted by molar-refractivity contribution is -0.138. The van der Waals surface area contributed by atoms with Gasteiger partial charge < -0.3 is 5.11 Å². The van der Waals surface area contributed by atoms with Crippen LogP contribution < -0.4 is 0 Å². The summed E-state index contributed by atoms with van der Waals surface area (Å²) in [5, 5.41) is 8.70. The third kappa shape index (κ3) is 4.91. The summed E-state index contributed by atoms with van der Waals surface area (Å²) in [5.41, 5.74) is 0. The molecule has 0 aliphatic heterocycles. The third-order valence-corrected chi connectivity index (χ3v) is 2.94. The molecule has 1 aliphatic carbocycles. The van der Waals surface area contributed by atoms with Crippen molar-refractivity contribution < 1.29 is 9.90 Å². The van der Waals surface area contributed by atoms with E-state index in [0.29, 0.717) is 12.3 Å². The van der Waals surface area contributed by atoms with E-state index in [0.717, 1.165) is 12.8 Å². The van der Waals surface area contributed by atoms with Crippen LogP contribution in [-0.2, 0) is 4.79 Å². The monoisotopic (exact) mass is 184 g/mol. The Morgan fingerprint density at radius 3 is 1.92 bits per heavy atom. The van der Waals surface area contributed by atoms with Crippen LogP contribution in [0.1, 0.15) is 57.8 Å². The second-order valence-electron chi connectivity index (χ2n) is 4.16. The van der Waals surface area contributed by atoms with Crippen LogP contribution >= 0.6 is 0 Å². The summed E-state index contributed by atoms with van der Waals surface area (Å²) >= 11 is 0. The first-order chi connectivity index (χ1) is 6.29. The molecule has 0 unspecified atom stereocenters. The van der Waals surface area contributed by atoms with Gasteiger partial charge in [-0.3, -0.25) is 4.79 Å². The minimum Gasteiger partial charge on any atom is -0.481 e. The van der Waals surface area contributed by atoms with Gasteiger partial charge >= 0.3 is 5.97 Å². The van der Waals surface area contributed by atoms with Crippen molar-refractivity contribution in [2.75, 3.05) is 0 Å². The molecule has 2 nitrogen and oxygen atoms in total. The van der Waals surface area contributed by atoms with Crippen molar-refractivity contribution >= 4 is 5.97 Å². The van der Waals surface area contributed by atoms with Crippen molar-refractivity contribution in [3.8, 4) is 0 Å². The number of aliphatic carboxylic acids is 1. The van der Waals surface area contributed by atoms with Crippen molar-refractivity contribution in [2.24, 2.45) is 5.92 Å². The molecule has 1 N–H and O–H groups in total. The van der Waals surface area contributed by atoms with E-state index < -0.39 is 5.97 Å². The molecule has 1 rings (SSSR count). The Morgan fingerprint density at radius 2 is 1.46 bits per heavy atom. The van der Waals surface area contributed by atoms with Crippen molar-refractivity contribution in [1.29, 1.82) is 0 Å². The average molecular weight is 184 g/mol. The van der Waals surface area contributed by atoms with Crippen LogP contribution in [0.4, 0.5) is 0 Å². The maximum Gasteiger partial charge on any atom is 0.303 e. The molecule has 0 bridgehead atoms. The van der Waals surface area contributed by atoms with E-state index >= 15 is 0 Å². The standard InChI is InChI=1S/C11H20O2/c12-11(13)9-10-7-5-3-1-2-4-6-8-10/h10H,1-9H2,(H,12,13). The highest BCUT2D eigenvalue weighted by Crippen LogP contribution is 2.23. The second kappa shape index (κ2) is 6.01. The van der Waals surface area contributed by atoms with Crippen LogP contribution in [-0.4, -0.2) is 11.1 Å². The van der Waals surface area contributed by atoms with Crippen LogP contribution in [0.15, 0.2) is 0 Å². The highest BCUT2D eigenvalue weighted by atomic mass is 16.4. The fourth-order valence-corrected chi connectivity index (χ4v) is 2.17. The quantitative estimate of drug-likeness (QED) is 0.715. The number of rotatable bonds is 2. The van der Waals surface area contributed by atoms with Crippen LogP contribution in [0, 0.1) is 5.92 Å². The van der Waals surface area contributed by atoms with E-state index in [-0.39, 0.29) is 0 Å². The van der Waals surface area contributed by atoms with Gasteiger partial charge in [-0.25, -0.2) is 0 Å². The molecule has 0 heterocycles. The van der Waals surface area contributed by atoms with E-state index in [1.54, 1.807) is 0 Å². The Labute approximate surface area is 80.3 Å². The average Bonchev–Trinajstić information content (AvgIpc) is 2.17. The molecular formula is C11H20O2. The molecule has 0 atom stereocenters. The van der Waals surface area contributed by atoms with Crippen molar-refractivity contribution in [3.63, 3.8) is 0 Å². The largest absolute Gasteiger partial charge is 0.481 e. The van der Waals surface area contributed by atoms with Crippen LogP contribution in [0.25, 0.3) is 0 Å². The van der Waals surface area contributed by atoms with Gasteiger partial charge in [-0.1, -0.05) is 38.5 Å². The topological polar surface area (TPSA) is 37.3 Å². The molecule has 1 aliphatic rings. The molecule has 0 saturated heterocycles. The van der Waals surface area contributed by atoms with Crippen LogP contribution in [0.5, 0.6) is 0 Å². The lowest BCUT2D eigenvalue weighted by atomic mass is 9.94. The lowest BCUT2D eigenvalue weighted by Gasteiger charge is -2.12. The lowest BCUT2D eigenvalue weighted by Crippen LogP contribution is -2.07. The fourth-order valence-electron chi connectivity index (χ4n) is 2.17. The third-order valence-electron chi connectivity index (χ3n) is 2.94. The molecule has 2 heteroatoms. The zero-order chi connectivity index (χ0) is 9.52. The highest BCUT2D eigenvalue weighted by molar-refractivity contribution is 5.66. The van der Waals surface area contributed by atoms with Crippen molar-refractivity contribution in [3.05, 3.63) is 0 Å². The molecule has 0 spiro atoms. The minimum atomic E-state index is -0.621. The molecule has 76 valence electrons. The number of carboxylic acids is 1. The molecule has 0 radical (unpaired) electrons. The maximum atomic E-state index is 10.6. The molecule has 1 fully saturated rings. The Hall–Kier alpha value is -0.530. The Kier molecular flexibility index (Phi) is 4.87. The zero-order valence-corrected chi connectivity index (χ0v) is 8.30. The first kappa shape index (κ1) is 10.6. The summed E-state index contributed by atoms with van der Waals surface area (Å²) in [7, 11) is 0. The zero-order valence-electron chi connectivity index (χ0n) is 8.30. The number of hydrogen-bond donors (Lipinski definition) is 1. The van der Waals surface area contributed by atoms with Crippen LogP contribution in [0.2, 0.25) is 0 Å². The molecule has 0 aromatic carbocycles. The highest BCUT2D eigenvalue weighted by Gasteiger charge is 2.13. The molecule has 13 heavy (non-hydrogen) atoms. The van der Waals surface area contributed by atoms with Crippen molar-refractivity contribution in [1.82, 2.24) is 0 Å². The van der Waals surface area contributed by atoms with E-state index in [1.807, 2.05) is 0 Å².